The molecule has 1 nitrogen and oxygen atoms in total. The third kappa shape index (κ3) is 2.95. The maximum atomic E-state index is 3.54. The molecule has 0 saturated carbocycles. The second-order valence-corrected chi connectivity index (χ2v) is 6.90. The summed E-state index contributed by atoms with van der Waals surface area (Å²) >= 11 is 0. The first-order valence-corrected chi connectivity index (χ1v) is 7.22. The van der Waals surface area contributed by atoms with E-state index in [1.807, 2.05) is 0 Å². The van der Waals surface area contributed by atoms with Gasteiger partial charge in [-0.15, -0.1) is 0 Å². The molecule has 0 spiro atoms. The van der Waals surface area contributed by atoms with E-state index in [9.17, 15) is 0 Å². The third-order valence-corrected chi connectivity index (χ3v) is 4.16. The summed E-state index contributed by atoms with van der Waals surface area (Å²) in [6.45, 7) is 12.6. The van der Waals surface area contributed by atoms with Crippen LogP contribution in [0.1, 0.15) is 63.1 Å². The molecule has 0 amide bonds. The maximum Gasteiger partial charge on any atom is 0.00445 e. The molecular weight excluding hydrogens is 218 g/mol. The minimum Gasteiger partial charge on any atom is -0.314 e. The van der Waals surface area contributed by atoms with E-state index < -0.39 is 0 Å². The number of nitrogens with one attached hydrogen (secondary N) is 1. The van der Waals surface area contributed by atoms with Crippen LogP contribution in [0.2, 0.25) is 0 Å². The molecule has 1 heterocycles. The highest BCUT2D eigenvalue weighted by Crippen LogP contribution is 2.32. The molecule has 100 valence electrons. The van der Waals surface area contributed by atoms with Crippen LogP contribution in [0.4, 0.5) is 0 Å². The molecule has 1 fully saturated rings. The first-order valence-electron chi connectivity index (χ1n) is 7.22. The van der Waals surface area contributed by atoms with Gasteiger partial charge in [0.2, 0.25) is 0 Å². The highest BCUT2D eigenvalue weighted by atomic mass is 14.9. The highest BCUT2D eigenvalue weighted by molar-refractivity contribution is 5.37. The fourth-order valence-corrected chi connectivity index (χ4v) is 3.14. The van der Waals surface area contributed by atoms with E-state index in [-0.39, 0.29) is 5.41 Å². The Kier molecular flexibility index (Phi) is 3.82. The van der Waals surface area contributed by atoms with Crippen LogP contribution in [0.15, 0.2) is 18.2 Å². The highest BCUT2D eigenvalue weighted by Gasteiger charge is 2.22. The molecule has 1 saturated heterocycles. The van der Waals surface area contributed by atoms with Gasteiger partial charge in [-0.05, 0) is 61.3 Å². The summed E-state index contributed by atoms with van der Waals surface area (Å²) in [6.07, 6.45) is 2.55. The zero-order chi connectivity index (χ0) is 13.3. The van der Waals surface area contributed by atoms with Crippen LogP contribution in [-0.2, 0) is 5.41 Å². The number of rotatable bonds is 1. The molecule has 1 aromatic rings. The van der Waals surface area contributed by atoms with E-state index in [0.29, 0.717) is 6.04 Å². The third-order valence-electron chi connectivity index (χ3n) is 4.16. The molecule has 2 unspecified atom stereocenters. The minimum absolute atomic E-state index is 0.249. The fourth-order valence-electron chi connectivity index (χ4n) is 3.14. The summed E-state index contributed by atoms with van der Waals surface area (Å²) in [7, 11) is 0. The Morgan fingerprint density at radius 3 is 2.56 bits per heavy atom. The van der Waals surface area contributed by atoms with Crippen molar-refractivity contribution in [3.63, 3.8) is 0 Å². The lowest BCUT2D eigenvalue weighted by molar-refractivity contribution is 0.381. The van der Waals surface area contributed by atoms with Crippen LogP contribution in [0, 0.1) is 6.92 Å². The predicted octanol–water partition coefficient (Wildman–Crippen LogP) is 4.15. The van der Waals surface area contributed by atoms with E-state index in [0.717, 1.165) is 12.5 Å². The Balaban J connectivity index is 2.29. The second-order valence-electron chi connectivity index (χ2n) is 6.90. The van der Waals surface area contributed by atoms with Crippen LogP contribution in [-0.4, -0.2) is 12.6 Å². The van der Waals surface area contributed by atoms with Crippen LogP contribution in [0.3, 0.4) is 0 Å². The summed E-state index contributed by atoms with van der Waals surface area (Å²) in [4.78, 5) is 0. The quantitative estimate of drug-likeness (QED) is 0.784. The monoisotopic (exact) mass is 245 g/mol. The summed E-state index contributed by atoms with van der Waals surface area (Å²) in [5.41, 5.74) is 4.72. The van der Waals surface area contributed by atoms with Gasteiger partial charge in [0.1, 0.15) is 0 Å². The van der Waals surface area contributed by atoms with Crippen molar-refractivity contribution in [2.45, 2.75) is 64.8 Å². The lowest BCUT2D eigenvalue weighted by Gasteiger charge is -2.30. The van der Waals surface area contributed by atoms with Crippen LogP contribution in [0.5, 0.6) is 0 Å². The molecule has 0 aromatic heterocycles. The first-order chi connectivity index (χ1) is 8.38. The van der Waals surface area contributed by atoms with Crippen molar-refractivity contribution < 1.29 is 0 Å². The van der Waals surface area contributed by atoms with Gasteiger partial charge in [-0.3, -0.25) is 0 Å². The number of benzene rings is 1. The number of piperidine rings is 1. The number of aryl methyl sites for hydroxylation is 1. The molecule has 0 radical (unpaired) electrons. The van der Waals surface area contributed by atoms with E-state index in [1.54, 1.807) is 5.56 Å². The average molecular weight is 245 g/mol. The van der Waals surface area contributed by atoms with Gasteiger partial charge in [0.05, 0.1) is 0 Å². The van der Waals surface area contributed by atoms with E-state index in [1.165, 1.54) is 24.0 Å². The molecule has 1 aliphatic rings. The van der Waals surface area contributed by atoms with Gasteiger partial charge < -0.3 is 5.32 Å². The smallest absolute Gasteiger partial charge is 0.00445 e. The summed E-state index contributed by atoms with van der Waals surface area (Å²) in [5, 5.41) is 3.54. The summed E-state index contributed by atoms with van der Waals surface area (Å²) in [5.74, 6) is 0.739. The fraction of sp³-hybridized carbons (Fsp3) is 0.647. The Hall–Kier alpha value is -0.820. The van der Waals surface area contributed by atoms with Gasteiger partial charge in [-0.25, -0.2) is 0 Å². The molecule has 1 aliphatic heterocycles. The Morgan fingerprint density at radius 2 is 1.94 bits per heavy atom. The van der Waals surface area contributed by atoms with Crippen molar-refractivity contribution in [2.24, 2.45) is 0 Å². The van der Waals surface area contributed by atoms with Crippen molar-refractivity contribution >= 4 is 0 Å². The summed E-state index contributed by atoms with van der Waals surface area (Å²) in [6, 6.07) is 7.76. The molecule has 0 bridgehead atoms. The molecule has 1 aromatic carbocycles. The van der Waals surface area contributed by atoms with Gasteiger partial charge in [0, 0.05) is 6.04 Å². The molecule has 1 heteroatoms. The first kappa shape index (κ1) is 13.6. The van der Waals surface area contributed by atoms with Crippen molar-refractivity contribution in [3.8, 4) is 0 Å². The number of hydrogen-bond donors (Lipinski definition) is 1. The van der Waals surface area contributed by atoms with Crippen molar-refractivity contribution in [1.82, 2.24) is 5.32 Å². The van der Waals surface area contributed by atoms with Gasteiger partial charge in [0.25, 0.3) is 0 Å². The van der Waals surface area contributed by atoms with Crippen LogP contribution >= 0.6 is 0 Å². The normalized spacial score (nSPS) is 25.2. The average Bonchev–Trinajstić information content (AvgIpc) is 2.28. The van der Waals surface area contributed by atoms with Gasteiger partial charge in [-0.2, -0.15) is 0 Å². The van der Waals surface area contributed by atoms with Gasteiger partial charge in [0.15, 0.2) is 0 Å². The molecule has 1 N–H and O–H groups in total. The summed E-state index contributed by atoms with van der Waals surface area (Å²) < 4.78 is 0. The lowest BCUT2D eigenvalue weighted by atomic mass is 9.79. The van der Waals surface area contributed by atoms with E-state index in [2.05, 4.69) is 58.1 Å². The number of hydrogen-bond acceptors (Lipinski definition) is 1. The second kappa shape index (κ2) is 5.05. The van der Waals surface area contributed by atoms with Crippen LogP contribution < -0.4 is 5.32 Å². The minimum atomic E-state index is 0.249. The molecular formula is C17H27N. The lowest BCUT2D eigenvalue weighted by Crippen LogP contribution is -2.34. The molecule has 18 heavy (non-hydrogen) atoms. The van der Waals surface area contributed by atoms with Crippen molar-refractivity contribution in [3.05, 3.63) is 34.9 Å². The zero-order valence-corrected chi connectivity index (χ0v) is 12.5. The Labute approximate surface area is 112 Å². The van der Waals surface area contributed by atoms with E-state index in [4.69, 9.17) is 0 Å². The maximum absolute atomic E-state index is 3.54. The van der Waals surface area contributed by atoms with Gasteiger partial charge in [-0.1, -0.05) is 39.0 Å². The largest absolute Gasteiger partial charge is 0.314 e. The van der Waals surface area contributed by atoms with Crippen LogP contribution in [0.25, 0.3) is 0 Å². The Morgan fingerprint density at radius 1 is 1.22 bits per heavy atom. The van der Waals surface area contributed by atoms with Crippen molar-refractivity contribution in [2.75, 3.05) is 6.54 Å². The molecule has 0 aliphatic carbocycles. The Bertz CT molecular complexity index is 414. The predicted molar refractivity (Wildman–Crippen MR) is 79.3 cm³/mol. The zero-order valence-electron chi connectivity index (χ0n) is 12.5. The van der Waals surface area contributed by atoms with Gasteiger partial charge >= 0.3 is 0 Å². The topological polar surface area (TPSA) is 12.0 Å². The van der Waals surface area contributed by atoms with Crippen molar-refractivity contribution in [1.29, 1.82) is 0 Å². The standard InChI is InChI=1S/C17H27N/c1-12-6-7-14(11-16(12)17(3,4)5)15-8-9-18-13(2)10-15/h6-7,11,13,15,18H,8-10H2,1-5H3. The molecule has 2 atom stereocenters. The SMILES string of the molecule is Cc1ccc(C2CCNC(C)C2)cc1C(C)(C)C. The van der Waals surface area contributed by atoms with E-state index >= 15 is 0 Å². The molecule has 2 rings (SSSR count).